The number of hydrogen-bond acceptors (Lipinski definition) is 2. The first-order valence-corrected chi connectivity index (χ1v) is 5.62. The Morgan fingerprint density at radius 1 is 1.35 bits per heavy atom. The Morgan fingerprint density at radius 2 is 2.00 bits per heavy atom. The van der Waals surface area contributed by atoms with E-state index in [1.807, 2.05) is 13.0 Å². The van der Waals surface area contributed by atoms with Crippen LogP contribution in [0.25, 0.3) is 0 Å². The third-order valence-corrected chi connectivity index (χ3v) is 2.79. The Morgan fingerprint density at radius 3 is 2.53 bits per heavy atom. The number of urea groups is 1. The largest absolute Gasteiger partial charge is 0.328 e. The van der Waals surface area contributed by atoms with E-state index in [0.29, 0.717) is 10.7 Å². The Bertz CT molecular complexity index is 446. The van der Waals surface area contributed by atoms with Crippen molar-refractivity contribution in [3.05, 3.63) is 28.8 Å². The minimum Gasteiger partial charge on any atom is -0.328 e. The van der Waals surface area contributed by atoms with Gasteiger partial charge >= 0.3 is 6.03 Å². The quantitative estimate of drug-likeness (QED) is 0.871. The maximum atomic E-state index is 11.5. The summed E-state index contributed by atoms with van der Waals surface area (Å²) in [4.78, 5) is 22.5. The molecule has 0 fully saturated rings. The number of ketones is 1. The van der Waals surface area contributed by atoms with Gasteiger partial charge in [-0.2, -0.15) is 0 Å². The van der Waals surface area contributed by atoms with Crippen LogP contribution in [0, 0.1) is 6.92 Å². The molecule has 17 heavy (non-hydrogen) atoms. The number of halogens is 1. The van der Waals surface area contributed by atoms with Crippen molar-refractivity contribution in [2.75, 3.05) is 5.32 Å². The normalized spacial score (nSPS) is 11.8. The van der Waals surface area contributed by atoms with Crippen LogP contribution in [0.1, 0.15) is 19.4 Å². The minimum atomic E-state index is -0.504. The van der Waals surface area contributed by atoms with Crippen molar-refractivity contribution in [1.82, 2.24) is 5.32 Å². The molecule has 0 aliphatic carbocycles. The smallest absolute Gasteiger partial charge is 0.319 e. The van der Waals surface area contributed by atoms with Crippen LogP contribution in [0.2, 0.25) is 5.02 Å². The number of aryl methyl sites for hydroxylation is 1. The van der Waals surface area contributed by atoms with Crippen LogP contribution in [-0.4, -0.2) is 17.9 Å². The summed E-state index contributed by atoms with van der Waals surface area (Å²) in [6.45, 7) is 4.93. The molecular formula is C12H15ClN2O2. The SMILES string of the molecule is CC(=O)C(C)NC(=O)Nc1ccc(C)c(Cl)c1. The van der Waals surface area contributed by atoms with Gasteiger partial charge in [-0.05, 0) is 38.5 Å². The van der Waals surface area contributed by atoms with E-state index in [0.717, 1.165) is 5.56 Å². The monoisotopic (exact) mass is 254 g/mol. The molecule has 0 saturated carbocycles. The van der Waals surface area contributed by atoms with Gasteiger partial charge in [-0.25, -0.2) is 4.79 Å². The predicted octanol–water partition coefficient (Wildman–Crippen LogP) is 2.75. The zero-order chi connectivity index (χ0) is 13.0. The average Bonchev–Trinajstić information content (AvgIpc) is 2.23. The van der Waals surface area contributed by atoms with E-state index in [1.54, 1.807) is 19.1 Å². The summed E-state index contributed by atoms with van der Waals surface area (Å²) in [5.74, 6) is -0.0953. The molecule has 1 unspecified atom stereocenters. The van der Waals surface area contributed by atoms with Gasteiger partial charge in [-0.1, -0.05) is 17.7 Å². The number of amides is 2. The second-order valence-electron chi connectivity index (χ2n) is 3.89. The first-order chi connectivity index (χ1) is 7.90. The molecule has 2 amide bonds. The van der Waals surface area contributed by atoms with Crippen LogP contribution < -0.4 is 10.6 Å². The third-order valence-electron chi connectivity index (χ3n) is 2.39. The van der Waals surface area contributed by atoms with Crippen LogP contribution >= 0.6 is 11.6 Å². The second-order valence-corrected chi connectivity index (χ2v) is 4.30. The Kier molecular flexibility index (Phi) is 4.52. The maximum Gasteiger partial charge on any atom is 0.319 e. The zero-order valence-electron chi connectivity index (χ0n) is 10.0. The van der Waals surface area contributed by atoms with Crippen molar-refractivity contribution < 1.29 is 9.59 Å². The van der Waals surface area contributed by atoms with E-state index < -0.39 is 12.1 Å². The number of carbonyl (C=O) groups is 2. The molecule has 0 radical (unpaired) electrons. The number of anilines is 1. The fourth-order valence-electron chi connectivity index (χ4n) is 1.14. The first-order valence-electron chi connectivity index (χ1n) is 5.24. The standard InChI is InChI=1S/C12H15ClN2O2/c1-7-4-5-10(6-11(7)13)15-12(17)14-8(2)9(3)16/h4-6,8H,1-3H3,(H2,14,15,17). The van der Waals surface area contributed by atoms with Gasteiger partial charge in [-0.3, -0.25) is 4.79 Å². The van der Waals surface area contributed by atoms with Crippen LogP contribution in [0.3, 0.4) is 0 Å². The first kappa shape index (κ1) is 13.5. The van der Waals surface area contributed by atoms with E-state index in [9.17, 15) is 9.59 Å². The van der Waals surface area contributed by atoms with Gasteiger partial charge in [-0.15, -0.1) is 0 Å². The van der Waals surface area contributed by atoms with Crippen molar-refractivity contribution in [3.63, 3.8) is 0 Å². The molecule has 0 heterocycles. The number of benzene rings is 1. The Balaban J connectivity index is 2.62. The number of Topliss-reactive ketones (excluding diaryl/α,β-unsaturated/α-hetero) is 1. The van der Waals surface area contributed by atoms with Crippen molar-refractivity contribution in [3.8, 4) is 0 Å². The lowest BCUT2D eigenvalue weighted by Crippen LogP contribution is -2.39. The fraction of sp³-hybridized carbons (Fsp3) is 0.333. The van der Waals surface area contributed by atoms with Gasteiger partial charge in [0.25, 0.3) is 0 Å². The highest BCUT2D eigenvalue weighted by Gasteiger charge is 2.11. The van der Waals surface area contributed by atoms with Crippen molar-refractivity contribution >= 4 is 29.1 Å². The fourth-order valence-corrected chi connectivity index (χ4v) is 1.32. The van der Waals surface area contributed by atoms with E-state index in [4.69, 9.17) is 11.6 Å². The van der Waals surface area contributed by atoms with Crippen molar-refractivity contribution in [2.45, 2.75) is 26.8 Å². The van der Waals surface area contributed by atoms with E-state index >= 15 is 0 Å². The topological polar surface area (TPSA) is 58.2 Å². The number of rotatable bonds is 3. The lowest BCUT2D eigenvalue weighted by atomic mass is 10.2. The Labute approximate surface area is 105 Å². The molecule has 2 N–H and O–H groups in total. The van der Waals surface area contributed by atoms with Gasteiger partial charge in [0.2, 0.25) is 0 Å². The second kappa shape index (κ2) is 5.68. The average molecular weight is 255 g/mol. The highest BCUT2D eigenvalue weighted by Crippen LogP contribution is 2.19. The lowest BCUT2D eigenvalue weighted by molar-refractivity contribution is -0.118. The molecule has 0 spiro atoms. The molecule has 0 bridgehead atoms. The lowest BCUT2D eigenvalue weighted by Gasteiger charge is -2.12. The molecule has 0 aromatic heterocycles. The van der Waals surface area contributed by atoms with Crippen molar-refractivity contribution in [1.29, 1.82) is 0 Å². The molecule has 0 saturated heterocycles. The van der Waals surface area contributed by atoms with Gasteiger partial charge in [0.05, 0.1) is 6.04 Å². The number of hydrogen-bond donors (Lipinski definition) is 2. The van der Waals surface area contributed by atoms with E-state index in [-0.39, 0.29) is 5.78 Å². The summed E-state index contributed by atoms with van der Waals surface area (Å²) in [6, 6.07) is 4.30. The highest BCUT2D eigenvalue weighted by atomic mass is 35.5. The maximum absolute atomic E-state index is 11.5. The van der Waals surface area contributed by atoms with Gasteiger partial charge in [0.1, 0.15) is 0 Å². The summed E-state index contributed by atoms with van der Waals surface area (Å²) in [5.41, 5.74) is 1.53. The molecule has 4 nitrogen and oxygen atoms in total. The molecule has 1 aromatic carbocycles. The molecule has 1 rings (SSSR count). The molecule has 5 heteroatoms. The minimum absolute atomic E-state index is 0.0953. The summed E-state index contributed by atoms with van der Waals surface area (Å²) < 4.78 is 0. The van der Waals surface area contributed by atoms with Crippen LogP contribution in [0.4, 0.5) is 10.5 Å². The summed E-state index contributed by atoms with van der Waals surface area (Å²) in [5, 5.41) is 5.71. The molecule has 0 aliphatic heterocycles. The third kappa shape index (κ3) is 4.07. The Hall–Kier alpha value is -1.55. The van der Waals surface area contributed by atoms with E-state index in [1.165, 1.54) is 6.92 Å². The van der Waals surface area contributed by atoms with Crippen LogP contribution in [-0.2, 0) is 4.79 Å². The highest BCUT2D eigenvalue weighted by molar-refractivity contribution is 6.31. The van der Waals surface area contributed by atoms with Crippen molar-refractivity contribution in [2.24, 2.45) is 0 Å². The van der Waals surface area contributed by atoms with Gasteiger partial charge < -0.3 is 10.6 Å². The zero-order valence-corrected chi connectivity index (χ0v) is 10.8. The number of nitrogens with one attached hydrogen (secondary N) is 2. The van der Waals surface area contributed by atoms with Crippen LogP contribution in [0.15, 0.2) is 18.2 Å². The predicted molar refractivity (Wildman–Crippen MR) is 68.5 cm³/mol. The number of carbonyl (C=O) groups excluding carboxylic acids is 2. The summed E-state index contributed by atoms with van der Waals surface area (Å²) >= 11 is 5.93. The van der Waals surface area contributed by atoms with Crippen LogP contribution in [0.5, 0.6) is 0 Å². The van der Waals surface area contributed by atoms with Gasteiger partial charge in [0, 0.05) is 10.7 Å². The molecule has 92 valence electrons. The molecule has 1 atom stereocenters. The summed E-state index contributed by atoms with van der Waals surface area (Å²) in [6.07, 6.45) is 0. The molecular weight excluding hydrogens is 240 g/mol. The van der Waals surface area contributed by atoms with Gasteiger partial charge in [0.15, 0.2) is 5.78 Å². The molecule has 0 aliphatic rings. The molecule has 1 aromatic rings. The summed E-state index contributed by atoms with van der Waals surface area (Å²) in [7, 11) is 0. The van der Waals surface area contributed by atoms with E-state index in [2.05, 4.69) is 10.6 Å².